The summed E-state index contributed by atoms with van der Waals surface area (Å²) in [6.45, 7) is 6.41. The number of hydrogen-bond donors (Lipinski definition) is 1. The van der Waals surface area contributed by atoms with Crippen LogP contribution in [0.3, 0.4) is 0 Å². The van der Waals surface area contributed by atoms with E-state index in [0.29, 0.717) is 19.1 Å². The Hall–Kier alpha value is -0.910. The molecule has 5 heteroatoms. The summed E-state index contributed by atoms with van der Waals surface area (Å²) in [6, 6.07) is 4.51. The fraction of sp³-hybridized carbons (Fsp3) is 0.615. The van der Waals surface area contributed by atoms with Gasteiger partial charge in [0.2, 0.25) is 5.91 Å². The lowest BCUT2D eigenvalue weighted by molar-refractivity contribution is -0.123. The Bertz CT molecular complexity index is 380. The molecule has 1 saturated heterocycles. The van der Waals surface area contributed by atoms with Crippen molar-refractivity contribution in [2.75, 3.05) is 33.2 Å². The molecule has 0 spiro atoms. The Kier molecular flexibility index (Phi) is 4.74. The van der Waals surface area contributed by atoms with Gasteiger partial charge in [0.1, 0.15) is 0 Å². The zero-order valence-corrected chi connectivity index (χ0v) is 11.9. The molecule has 0 aliphatic carbocycles. The topological polar surface area (TPSA) is 35.6 Å². The lowest BCUT2D eigenvalue weighted by Crippen LogP contribution is -2.53. The molecule has 0 bridgehead atoms. The molecule has 1 amide bonds. The number of nitrogens with zero attached hydrogens (tertiary/aromatic N) is 2. The molecule has 1 aromatic rings. The fourth-order valence-electron chi connectivity index (χ4n) is 2.25. The molecule has 1 aliphatic rings. The standard InChI is InChI=1S/C13H21N3OS/c1-11-9-15(2)5-6-16(11)10-13(17)14-8-12-4-3-7-18-12/h3-4,7,11H,5-6,8-10H2,1-2H3,(H,14,17). The Labute approximate surface area is 113 Å². The highest BCUT2D eigenvalue weighted by Crippen LogP contribution is 2.09. The van der Waals surface area contributed by atoms with E-state index in [1.165, 1.54) is 4.88 Å². The van der Waals surface area contributed by atoms with Crippen molar-refractivity contribution in [3.63, 3.8) is 0 Å². The zero-order chi connectivity index (χ0) is 13.0. The van der Waals surface area contributed by atoms with Gasteiger partial charge in [-0.1, -0.05) is 6.07 Å². The first-order valence-corrected chi connectivity index (χ1v) is 7.25. The maximum absolute atomic E-state index is 11.9. The third kappa shape index (κ3) is 3.80. The van der Waals surface area contributed by atoms with Crippen molar-refractivity contribution < 1.29 is 4.79 Å². The summed E-state index contributed by atoms with van der Waals surface area (Å²) in [6.07, 6.45) is 0. The van der Waals surface area contributed by atoms with Crippen molar-refractivity contribution in [3.8, 4) is 0 Å². The van der Waals surface area contributed by atoms with Crippen LogP contribution in [-0.2, 0) is 11.3 Å². The highest BCUT2D eigenvalue weighted by atomic mass is 32.1. The van der Waals surface area contributed by atoms with Gasteiger partial charge in [-0.05, 0) is 25.4 Å². The summed E-state index contributed by atoms with van der Waals surface area (Å²) in [4.78, 5) is 17.6. The second kappa shape index (κ2) is 6.31. The lowest BCUT2D eigenvalue weighted by Gasteiger charge is -2.37. The molecule has 0 aromatic carbocycles. The predicted molar refractivity (Wildman–Crippen MR) is 74.7 cm³/mol. The average Bonchev–Trinajstić information content (AvgIpc) is 2.83. The smallest absolute Gasteiger partial charge is 0.234 e. The molecule has 1 aliphatic heterocycles. The third-order valence-electron chi connectivity index (χ3n) is 3.35. The van der Waals surface area contributed by atoms with Crippen LogP contribution < -0.4 is 5.32 Å². The van der Waals surface area contributed by atoms with Gasteiger partial charge in [-0.3, -0.25) is 9.69 Å². The second-order valence-electron chi connectivity index (χ2n) is 4.94. The average molecular weight is 267 g/mol. The van der Waals surface area contributed by atoms with Crippen LogP contribution in [0.15, 0.2) is 17.5 Å². The minimum Gasteiger partial charge on any atom is -0.350 e. The highest BCUT2D eigenvalue weighted by Gasteiger charge is 2.22. The SMILES string of the molecule is CC1CN(C)CCN1CC(=O)NCc1cccs1. The molecule has 1 fully saturated rings. The third-order valence-corrected chi connectivity index (χ3v) is 4.23. The molecule has 1 aromatic heterocycles. The number of nitrogens with one attached hydrogen (secondary N) is 1. The van der Waals surface area contributed by atoms with Crippen LogP contribution in [-0.4, -0.2) is 55.0 Å². The first kappa shape index (κ1) is 13.5. The number of rotatable bonds is 4. The van der Waals surface area contributed by atoms with E-state index in [9.17, 15) is 4.79 Å². The minimum absolute atomic E-state index is 0.125. The summed E-state index contributed by atoms with van der Waals surface area (Å²) in [5.74, 6) is 0.125. The van der Waals surface area contributed by atoms with Gasteiger partial charge in [-0.25, -0.2) is 0 Å². The summed E-state index contributed by atoms with van der Waals surface area (Å²) in [7, 11) is 2.13. The quantitative estimate of drug-likeness (QED) is 0.884. The number of hydrogen-bond acceptors (Lipinski definition) is 4. The van der Waals surface area contributed by atoms with E-state index in [-0.39, 0.29) is 5.91 Å². The predicted octanol–water partition coefficient (Wildman–Crippen LogP) is 1.00. The molecular weight excluding hydrogens is 246 g/mol. The van der Waals surface area contributed by atoms with Crippen LogP contribution in [0.2, 0.25) is 0 Å². The number of thiophene rings is 1. The maximum atomic E-state index is 11.9. The van der Waals surface area contributed by atoms with Crippen LogP contribution in [0.25, 0.3) is 0 Å². The fourth-order valence-corrected chi connectivity index (χ4v) is 2.90. The van der Waals surface area contributed by atoms with E-state index < -0.39 is 0 Å². The van der Waals surface area contributed by atoms with Crippen LogP contribution >= 0.6 is 11.3 Å². The van der Waals surface area contributed by atoms with Gasteiger partial charge >= 0.3 is 0 Å². The van der Waals surface area contributed by atoms with Crippen molar-refractivity contribution in [2.24, 2.45) is 0 Å². The number of likely N-dealkylation sites (N-methyl/N-ethyl adjacent to an activating group) is 1. The zero-order valence-electron chi connectivity index (χ0n) is 11.1. The van der Waals surface area contributed by atoms with E-state index in [1.54, 1.807) is 11.3 Å². The van der Waals surface area contributed by atoms with Gasteiger partial charge in [0, 0.05) is 30.6 Å². The Morgan fingerprint density at radius 3 is 3.06 bits per heavy atom. The Morgan fingerprint density at radius 2 is 2.39 bits per heavy atom. The molecule has 1 unspecified atom stereocenters. The Balaban J connectivity index is 1.73. The van der Waals surface area contributed by atoms with Crippen molar-refractivity contribution in [1.82, 2.24) is 15.1 Å². The van der Waals surface area contributed by atoms with Crippen molar-refractivity contribution >= 4 is 17.2 Å². The number of carbonyl (C=O) groups excluding carboxylic acids is 1. The van der Waals surface area contributed by atoms with Crippen molar-refractivity contribution in [3.05, 3.63) is 22.4 Å². The first-order chi connectivity index (χ1) is 8.65. The molecule has 0 radical (unpaired) electrons. The molecule has 2 heterocycles. The van der Waals surface area contributed by atoms with Gasteiger partial charge in [-0.2, -0.15) is 0 Å². The van der Waals surface area contributed by atoms with E-state index in [2.05, 4.69) is 29.1 Å². The monoisotopic (exact) mass is 267 g/mol. The van der Waals surface area contributed by atoms with E-state index in [1.807, 2.05) is 17.5 Å². The number of piperazine rings is 1. The lowest BCUT2D eigenvalue weighted by atomic mass is 10.2. The van der Waals surface area contributed by atoms with Gasteiger partial charge in [0.25, 0.3) is 0 Å². The van der Waals surface area contributed by atoms with Crippen molar-refractivity contribution in [2.45, 2.75) is 19.5 Å². The summed E-state index contributed by atoms with van der Waals surface area (Å²) in [5.41, 5.74) is 0. The van der Waals surface area contributed by atoms with Gasteiger partial charge < -0.3 is 10.2 Å². The van der Waals surface area contributed by atoms with E-state index in [4.69, 9.17) is 0 Å². The van der Waals surface area contributed by atoms with Crippen LogP contribution in [0.4, 0.5) is 0 Å². The molecule has 1 N–H and O–H groups in total. The van der Waals surface area contributed by atoms with Crippen molar-refractivity contribution in [1.29, 1.82) is 0 Å². The molecule has 18 heavy (non-hydrogen) atoms. The van der Waals surface area contributed by atoms with Gasteiger partial charge in [0.05, 0.1) is 13.1 Å². The largest absolute Gasteiger partial charge is 0.350 e. The molecular formula is C13H21N3OS. The second-order valence-corrected chi connectivity index (χ2v) is 5.97. The number of carbonyl (C=O) groups is 1. The molecule has 4 nitrogen and oxygen atoms in total. The Morgan fingerprint density at radius 1 is 1.56 bits per heavy atom. The number of amides is 1. The van der Waals surface area contributed by atoms with Gasteiger partial charge in [-0.15, -0.1) is 11.3 Å². The highest BCUT2D eigenvalue weighted by molar-refractivity contribution is 7.09. The van der Waals surface area contributed by atoms with E-state index in [0.717, 1.165) is 19.6 Å². The van der Waals surface area contributed by atoms with Crippen LogP contribution in [0.1, 0.15) is 11.8 Å². The van der Waals surface area contributed by atoms with Gasteiger partial charge in [0.15, 0.2) is 0 Å². The molecule has 100 valence electrons. The summed E-state index contributed by atoms with van der Waals surface area (Å²) < 4.78 is 0. The minimum atomic E-state index is 0.125. The molecule has 1 atom stereocenters. The normalized spacial score (nSPS) is 22.0. The van der Waals surface area contributed by atoms with Crippen LogP contribution in [0, 0.1) is 0 Å². The summed E-state index contributed by atoms with van der Waals surface area (Å²) in [5, 5.41) is 5.01. The van der Waals surface area contributed by atoms with E-state index >= 15 is 0 Å². The first-order valence-electron chi connectivity index (χ1n) is 6.37. The molecule has 0 saturated carbocycles. The molecule has 2 rings (SSSR count). The summed E-state index contributed by atoms with van der Waals surface area (Å²) >= 11 is 1.68. The van der Waals surface area contributed by atoms with Crippen LogP contribution in [0.5, 0.6) is 0 Å². The maximum Gasteiger partial charge on any atom is 0.234 e.